The molecule has 0 saturated carbocycles. The van der Waals surface area contributed by atoms with Crippen LogP contribution in [-0.2, 0) is 4.74 Å². The van der Waals surface area contributed by atoms with Crippen LogP contribution in [0.2, 0.25) is 0 Å². The Morgan fingerprint density at radius 2 is 2.00 bits per heavy atom. The molecule has 1 fully saturated rings. The van der Waals surface area contributed by atoms with Crippen LogP contribution in [0.4, 0.5) is 5.69 Å². The van der Waals surface area contributed by atoms with Gasteiger partial charge in [-0.15, -0.1) is 0 Å². The molecule has 1 amide bonds. The summed E-state index contributed by atoms with van der Waals surface area (Å²) in [6.45, 7) is 3.93. The second kappa shape index (κ2) is 8.48. The molecule has 1 N–H and O–H groups in total. The van der Waals surface area contributed by atoms with Gasteiger partial charge in [0.25, 0.3) is 5.91 Å². The van der Waals surface area contributed by atoms with Crippen molar-refractivity contribution in [1.82, 2.24) is 4.98 Å². The number of pyridine rings is 1. The molecule has 0 aliphatic carbocycles. The van der Waals surface area contributed by atoms with E-state index in [2.05, 4.69) is 10.3 Å². The summed E-state index contributed by atoms with van der Waals surface area (Å²) in [6.07, 6.45) is 3.35. The van der Waals surface area contributed by atoms with Gasteiger partial charge < -0.3 is 19.5 Å². The van der Waals surface area contributed by atoms with Crippen molar-refractivity contribution >= 4 is 11.6 Å². The molecule has 132 valence electrons. The third kappa shape index (κ3) is 4.93. The van der Waals surface area contributed by atoms with Crippen molar-refractivity contribution in [2.24, 2.45) is 0 Å². The Hall–Kier alpha value is -2.60. The molecule has 1 aliphatic heterocycles. The molecule has 2 heterocycles. The largest absolute Gasteiger partial charge is 0.494 e. The standard InChI is InChI=1S/C19H22N2O4/c1-2-24-16-5-3-15(4-6-16)21-19(22)14-7-10-20-18(13-14)25-17-8-11-23-12-9-17/h3-7,10,13,17H,2,8-9,11-12H2,1H3,(H,21,22). The maximum absolute atomic E-state index is 12.4. The molecule has 6 heteroatoms. The van der Waals surface area contributed by atoms with Crippen molar-refractivity contribution < 1.29 is 19.0 Å². The molecule has 1 aromatic carbocycles. The summed E-state index contributed by atoms with van der Waals surface area (Å²) in [5.41, 5.74) is 1.21. The van der Waals surface area contributed by atoms with Gasteiger partial charge in [-0.05, 0) is 37.3 Å². The molecule has 1 aromatic heterocycles. The highest BCUT2D eigenvalue weighted by Crippen LogP contribution is 2.19. The van der Waals surface area contributed by atoms with E-state index in [4.69, 9.17) is 14.2 Å². The molecule has 3 rings (SSSR count). The Kier molecular flexibility index (Phi) is 5.85. The Bertz CT molecular complexity index is 697. The maximum atomic E-state index is 12.4. The number of hydrogen-bond donors (Lipinski definition) is 1. The van der Waals surface area contributed by atoms with Crippen molar-refractivity contribution in [3.8, 4) is 11.6 Å². The molecule has 1 aliphatic rings. The number of aromatic nitrogens is 1. The third-order valence-corrected chi connectivity index (χ3v) is 3.88. The second-order valence-electron chi connectivity index (χ2n) is 5.72. The minimum Gasteiger partial charge on any atom is -0.494 e. The van der Waals surface area contributed by atoms with E-state index in [1.54, 1.807) is 18.3 Å². The highest BCUT2D eigenvalue weighted by molar-refractivity contribution is 6.04. The van der Waals surface area contributed by atoms with E-state index in [1.165, 1.54) is 0 Å². The van der Waals surface area contributed by atoms with Crippen LogP contribution in [-0.4, -0.2) is 36.8 Å². The van der Waals surface area contributed by atoms with E-state index in [1.807, 2.05) is 31.2 Å². The first-order valence-corrected chi connectivity index (χ1v) is 8.49. The minimum atomic E-state index is -0.205. The van der Waals surface area contributed by atoms with Gasteiger partial charge >= 0.3 is 0 Å². The van der Waals surface area contributed by atoms with Gasteiger partial charge in [-0.1, -0.05) is 0 Å². The zero-order valence-corrected chi connectivity index (χ0v) is 14.2. The first-order valence-electron chi connectivity index (χ1n) is 8.49. The SMILES string of the molecule is CCOc1ccc(NC(=O)c2ccnc(OC3CCOCC3)c2)cc1. The van der Waals surface area contributed by atoms with Crippen LogP contribution < -0.4 is 14.8 Å². The summed E-state index contributed by atoms with van der Waals surface area (Å²) < 4.78 is 16.6. The van der Waals surface area contributed by atoms with E-state index in [-0.39, 0.29) is 12.0 Å². The zero-order valence-electron chi connectivity index (χ0n) is 14.2. The summed E-state index contributed by atoms with van der Waals surface area (Å²) in [4.78, 5) is 16.6. The number of nitrogens with zero attached hydrogens (tertiary/aromatic N) is 1. The van der Waals surface area contributed by atoms with Gasteiger partial charge in [0.15, 0.2) is 0 Å². The normalized spacial score (nSPS) is 14.8. The van der Waals surface area contributed by atoms with Crippen molar-refractivity contribution in [2.45, 2.75) is 25.9 Å². The first kappa shape index (κ1) is 17.2. The fraction of sp³-hybridized carbons (Fsp3) is 0.368. The number of hydrogen-bond acceptors (Lipinski definition) is 5. The number of amides is 1. The van der Waals surface area contributed by atoms with Crippen molar-refractivity contribution in [2.75, 3.05) is 25.1 Å². The van der Waals surface area contributed by atoms with Crippen LogP contribution >= 0.6 is 0 Å². The molecule has 0 radical (unpaired) electrons. The Balaban J connectivity index is 1.62. The summed E-state index contributed by atoms with van der Waals surface area (Å²) >= 11 is 0. The van der Waals surface area contributed by atoms with E-state index >= 15 is 0 Å². The van der Waals surface area contributed by atoms with E-state index in [9.17, 15) is 4.79 Å². The number of benzene rings is 1. The number of anilines is 1. The highest BCUT2D eigenvalue weighted by Gasteiger charge is 2.16. The van der Waals surface area contributed by atoms with Crippen LogP contribution in [0.1, 0.15) is 30.1 Å². The van der Waals surface area contributed by atoms with Crippen LogP contribution in [0.5, 0.6) is 11.6 Å². The number of nitrogens with one attached hydrogen (secondary N) is 1. The van der Waals surface area contributed by atoms with E-state index in [0.717, 1.165) is 18.6 Å². The van der Waals surface area contributed by atoms with E-state index in [0.29, 0.717) is 37.0 Å². The maximum Gasteiger partial charge on any atom is 0.255 e. The molecular weight excluding hydrogens is 320 g/mol. The number of rotatable bonds is 6. The van der Waals surface area contributed by atoms with Crippen molar-refractivity contribution in [3.63, 3.8) is 0 Å². The van der Waals surface area contributed by atoms with Gasteiger partial charge in [0, 0.05) is 36.4 Å². The van der Waals surface area contributed by atoms with Crippen LogP contribution in [0.3, 0.4) is 0 Å². The zero-order chi connectivity index (χ0) is 17.5. The number of ether oxygens (including phenoxy) is 3. The summed E-state index contributed by atoms with van der Waals surface area (Å²) in [7, 11) is 0. The molecule has 0 spiro atoms. The first-order chi connectivity index (χ1) is 12.2. The Morgan fingerprint density at radius 1 is 1.24 bits per heavy atom. The lowest BCUT2D eigenvalue weighted by Crippen LogP contribution is -2.26. The minimum absolute atomic E-state index is 0.0886. The summed E-state index contributed by atoms with van der Waals surface area (Å²) in [5.74, 6) is 1.03. The molecule has 2 aromatic rings. The van der Waals surface area contributed by atoms with Crippen LogP contribution in [0.15, 0.2) is 42.6 Å². The number of carbonyl (C=O) groups is 1. The molecule has 0 atom stereocenters. The fourth-order valence-electron chi connectivity index (χ4n) is 2.58. The van der Waals surface area contributed by atoms with Gasteiger partial charge in [-0.2, -0.15) is 0 Å². The van der Waals surface area contributed by atoms with Gasteiger partial charge in [-0.3, -0.25) is 4.79 Å². The lowest BCUT2D eigenvalue weighted by molar-refractivity contribution is 0.0237. The molecule has 0 unspecified atom stereocenters. The van der Waals surface area contributed by atoms with Gasteiger partial charge in [0.2, 0.25) is 5.88 Å². The molecule has 25 heavy (non-hydrogen) atoms. The summed E-state index contributed by atoms with van der Waals surface area (Å²) in [6, 6.07) is 10.6. The monoisotopic (exact) mass is 342 g/mol. The molecular formula is C19H22N2O4. The van der Waals surface area contributed by atoms with Crippen LogP contribution in [0.25, 0.3) is 0 Å². The lowest BCUT2D eigenvalue weighted by atomic mass is 10.1. The molecule has 6 nitrogen and oxygen atoms in total. The predicted molar refractivity (Wildman–Crippen MR) is 94.3 cm³/mol. The second-order valence-corrected chi connectivity index (χ2v) is 5.72. The van der Waals surface area contributed by atoms with Crippen molar-refractivity contribution in [3.05, 3.63) is 48.2 Å². The van der Waals surface area contributed by atoms with E-state index < -0.39 is 0 Å². The van der Waals surface area contributed by atoms with Crippen molar-refractivity contribution in [1.29, 1.82) is 0 Å². The van der Waals surface area contributed by atoms with Gasteiger partial charge in [0.05, 0.1) is 19.8 Å². The smallest absolute Gasteiger partial charge is 0.255 e. The quantitative estimate of drug-likeness (QED) is 0.872. The Labute approximate surface area is 147 Å². The highest BCUT2D eigenvalue weighted by atomic mass is 16.5. The third-order valence-electron chi connectivity index (χ3n) is 3.88. The lowest BCUT2D eigenvalue weighted by Gasteiger charge is -2.22. The number of carbonyl (C=O) groups excluding carboxylic acids is 1. The van der Waals surface area contributed by atoms with Gasteiger partial charge in [0.1, 0.15) is 11.9 Å². The topological polar surface area (TPSA) is 69.7 Å². The fourth-order valence-corrected chi connectivity index (χ4v) is 2.58. The Morgan fingerprint density at radius 3 is 2.72 bits per heavy atom. The molecule has 1 saturated heterocycles. The molecule has 0 bridgehead atoms. The van der Waals surface area contributed by atoms with Gasteiger partial charge in [-0.25, -0.2) is 4.98 Å². The average molecular weight is 342 g/mol. The predicted octanol–water partition coefficient (Wildman–Crippen LogP) is 3.29. The van der Waals surface area contributed by atoms with Crippen LogP contribution in [0, 0.1) is 0 Å². The average Bonchev–Trinajstić information content (AvgIpc) is 2.65. The summed E-state index contributed by atoms with van der Waals surface area (Å²) in [5, 5.41) is 2.86.